The predicted octanol–water partition coefficient (Wildman–Crippen LogP) is 0.130. The molecule has 2 heterocycles. The Morgan fingerprint density at radius 1 is 1.40 bits per heavy atom. The van der Waals surface area contributed by atoms with Crippen LogP contribution in [-0.4, -0.2) is 51.9 Å². The summed E-state index contributed by atoms with van der Waals surface area (Å²) in [7, 11) is 0. The Kier molecular flexibility index (Phi) is 3.97. The average Bonchev–Trinajstić information content (AvgIpc) is 2.85. The van der Waals surface area contributed by atoms with Crippen LogP contribution in [0.25, 0.3) is 0 Å². The van der Waals surface area contributed by atoms with Crippen LogP contribution in [0.5, 0.6) is 0 Å². The summed E-state index contributed by atoms with van der Waals surface area (Å²) in [5, 5.41) is 11.5. The highest BCUT2D eigenvalue weighted by molar-refractivity contribution is 5.95. The van der Waals surface area contributed by atoms with Crippen molar-refractivity contribution in [3.05, 3.63) is 29.6 Å². The van der Waals surface area contributed by atoms with Crippen LogP contribution < -0.4 is 5.32 Å². The number of rotatable bonds is 3. The van der Waals surface area contributed by atoms with Crippen molar-refractivity contribution in [3.8, 4) is 0 Å². The summed E-state index contributed by atoms with van der Waals surface area (Å²) in [6.45, 7) is 2.46. The van der Waals surface area contributed by atoms with E-state index in [-0.39, 0.29) is 23.6 Å². The number of likely N-dealkylation sites (tertiary alicyclic amines) is 1. The molecule has 106 valence electrons. The number of amides is 2. The van der Waals surface area contributed by atoms with E-state index in [4.69, 9.17) is 5.11 Å². The SMILES string of the molecule is CC(=O)NC1CCN(C(=O)c2ccc(C(=O)O)nc2)C1. The van der Waals surface area contributed by atoms with E-state index in [2.05, 4.69) is 10.3 Å². The van der Waals surface area contributed by atoms with Crippen LogP contribution >= 0.6 is 0 Å². The van der Waals surface area contributed by atoms with E-state index >= 15 is 0 Å². The lowest BCUT2D eigenvalue weighted by atomic mass is 10.2. The third-order valence-corrected chi connectivity index (χ3v) is 3.11. The van der Waals surface area contributed by atoms with Gasteiger partial charge < -0.3 is 15.3 Å². The molecule has 1 atom stereocenters. The topological polar surface area (TPSA) is 99.6 Å². The van der Waals surface area contributed by atoms with Crippen LogP contribution in [0.1, 0.15) is 34.2 Å². The molecule has 1 unspecified atom stereocenters. The van der Waals surface area contributed by atoms with Gasteiger partial charge in [-0.2, -0.15) is 0 Å². The summed E-state index contributed by atoms with van der Waals surface area (Å²) in [6.07, 6.45) is 1.98. The molecule has 0 radical (unpaired) electrons. The Bertz CT molecular complexity index is 541. The van der Waals surface area contributed by atoms with E-state index in [0.717, 1.165) is 0 Å². The van der Waals surface area contributed by atoms with Gasteiger partial charge in [-0.15, -0.1) is 0 Å². The van der Waals surface area contributed by atoms with Gasteiger partial charge in [-0.05, 0) is 18.6 Å². The van der Waals surface area contributed by atoms with Gasteiger partial charge in [0.25, 0.3) is 5.91 Å². The van der Waals surface area contributed by atoms with Crippen molar-refractivity contribution in [1.29, 1.82) is 0 Å². The molecule has 1 aliphatic rings. The summed E-state index contributed by atoms with van der Waals surface area (Å²) in [5.74, 6) is -1.45. The maximum absolute atomic E-state index is 12.2. The molecule has 1 aromatic heterocycles. The average molecular weight is 277 g/mol. The molecular formula is C13H15N3O4. The number of aromatic nitrogens is 1. The Morgan fingerprint density at radius 3 is 2.70 bits per heavy atom. The van der Waals surface area contributed by atoms with Gasteiger partial charge >= 0.3 is 5.97 Å². The first kappa shape index (κ1) is 14.0. The fraction of sp³-hybridized carbons (Fsp3) is 0.385. The number of aromatic carboxylic acids is 1. The lowest BCUT2D eigenvalue weighted by Gasteiger charge is -2.16. The first-order valence-electron chi connectivity index (χ1n) is 6.23. The van der Waals surface area contributed by atoms with Gasteiger partial charge in [0.1, 0.15) is 5.69 Å². The van der Waals surface area contributed by atoms with E-state index in [1.807, 2.05) is 0 Å². The molecule has 7 heteroatoms. The van der Waals surface area contributed by atoms with E-state index in [1.165, 1.54) is 25.3 Å². The first-order valence-corrected chi connectivity index (χ1v) is 6.23. The Morgan fingerprint density at radius 2 is 2.15 bits per heavy atom. The fourth-order valence-corrected chi connectivity index (χ4v) is 2.18. The molecule has 20 heavy (non-hydrogen) atoms. The third kappa shape index (κ3) is 3.11. The van der Waals surface area contributed by atoms with Crippen molar-refractivity contribution in [1.82, 2.24) is 15.2 Å². The van der Waals surface area contributed by atoms with Crippen molar-refractivity contribution in [2.24, 2.45) is 0 Å². The number of hydrogen-bond donors (Lipinski definition) is 2. The highest BCUT2D eigenvalue weighted by atomic mass is 16.4. The minimum absolute atomic E-state index is 0.0253. The van der Waals surface area contributed by atoms with Crippen molar-refractivity contribution < 1.29 is 19.5 Å². The molecule has 1 saturated heterocycles. The van der Waals surface area contributed by atoms with Crippen molar-refractivity contribution in [2.45, 2.75) is 19.4 Å². The number of carboxylic acid groups (broad SMARTS) is 1. The van der Waals surface area contributed by atoms with Crippen LogP contribution in [0.4, 0.5) is 0 Å². The molecule has 7 nitrogen and oxygen atoms in total. The Hall–Kier alpha value is -2.44. The van der Waals surface area contributed by atoms with Gasteiger partial charge in [0.2, 0.25) is 5.91 Å². The van der Waals surface area contributed by atoms with Crippen LogP contribution in [0.2, 0.25) is 0 Å². The molecule has 0 bridgehead atoms. The molecule has 1 fully saturated rings. The van der Waals surface area contributed by atoms with Gasteiger partial charge in [-0.25, -0.2) is 9.78 Å². The third-order valence-electron chi connectivity index (χ3n) is 3.11. The second-order valence-electron chi connectivity index (χ2n) is 4.67. The molecule has 0 saturated carbocycles. The molecule has 2 amide bonds. The largest absolute Gasteiger partial charge is 0.477 e. The number of nitrogens with one attached hydrogen (secondary N) is 1. The summed E-state index contributed by atoms with van der Waals surface area (Å²) in [4.78, 5) is 39.2. The maximum Gasteiger partial charge on any atom is 0.354 e. The van der Waals surface area contributed by atoms with E-state index in [1.54, 1.807) is 4.90 Å². The Labute approximate surface area is 115 Å². The molecule has 1 aliphatic heterocycles. The van der Waals surface area contributed by atoms with E-state index < -0.39 is 5.97 Å². The molecule has 2 N–H and O–H groups in total. The summed E-state index contributed by atoms with van der Waals surface area (Å²) < 4.78 is 0. The molecule has 0 aliphatic carbocycles. The maximum atomic E-state index is 12.2. The minimum atomic E-state index is -1.13. The summed E-state index contributed by atoms with van der Waals surface area (Å²) in [5.41, 5.74) is 0.248. The predicted molar refractivity (Wildman–Crippen MR) is 69.3 cm³/mol. The minimum Gasteiger partial charge on any atom is -0.477 e. The van der Waals surface area contributed by atoms with E-state index in [9.17, 15) is 14.4 Å². The number of pyridine rings is 1. The zero-order valence-electron chi connectivity index (χ0n) is 11.0. The fourth-order valence-electron chi connectivity index (χ4n) is 2.18. The smallest absolute Gasteiger partial charge is 0.354 e. The molecule has 0 aromatic carbocycles. The van der Waals surface area contributed by atoms with Crippen LogP contribution in [0.15, 0.2) is 18.3 Å². The highest BCUT2D eigenvalue weighted by Gasteiger charge is 2.27. The Balaban J connectivity index is 2.01. The van der Waals surface area contributed by atoms with Crippen molar-refractivity contribution in [2.75, 3.05) is 13.1 Å². The van der Waals surface area contributed by atoms with Gasteiger partial charge in [-0.1, -0.05) is 0 Å². The van der Waals surface area contributed by atoms with Crippen LogP contribution in [-0.2, 0) is 4.79 Å². The van der Waals surface area contributed by atoms with Crippen LogP contribution in [0, 0.1) is 0 Å². The lowest BCUT2D eigenvalue weighted by Crippen LogP contribution is -2.37. The van der Waals surface area contributed by atoms with Crippen molar-refractivity contribution in [3.63, 3.8) is 0 Å². The molecule has 0 spiro atoms. The number of carbonyl (C=O) groups is 3. The first-order chi connectivity index (χ1) is 9.47. The standard InChI is InChI=1S/C13H15N3O4/c1-8(17)15-10-4-5-16(7-10)12(18)9-2-3-11(13(19)20)14-6-9/h2-3,6,10H,4-5,7H2,1H3,(H,15,17)(H,19,20). The van der Waals surface area contributed by atoms with Gasteiger partial charge in [0, 0.05) is 32.3 Å². The van der Waals surface area contributed by atoms with Crippen molar-refractivity contribution >= 4 is 17.8 Å². The van der Waals surface area contributed by atoms with Gasteiger partial charge in [0.05, 0.1) is 5.56 Å². The highest BCUT2D eigenvalue weighted by Crippen LogP contribution is 2.13. The van der Waals surface area contributed by atoms with Gasteiger partial charge in [0.15, 0.2) is 0 Å². The monoisotopic (exact) mass is 277 g/mol. The summed E-state index contributed by atoms with van der Waals surface area (Å²) >= 11 is 0. The second kappa shape index (κ2) is 5.68. The van der Waals surface area contributed by atoms with Crippen LogP contribution in [0.3, 0.4) is 0 Å². The summed E-state index contributed by atoms with van der Waals surface area (Å²) in [6, 6.07) is 2.73. The number of nitrogens with zero attached hydrogens (tertiary/aromatic N) is 2. The normalized spacial score (nSPS) is 17.9. The van der Waals surface area contributed by atoms with Gasteiger partial charge in [-0.3, -0.25) is 9.59 Å². The van der Waals surface area contributed by atoms with E-state index in [0.29, 0.717) is 25.1 Å². The lowest BCUT2D eigenvalue weighted by molar-refractivity contribution is -0.119. The zero-order valence-corrected chi connectivity index (χ0v) is 11.0. The zero-order chi connectivity index (χ0) is 14.7. The second-order valence-corrected chi connectivity index (χ2v) is 4.67. The molecular weight excluding hydrogens is 262 g/mol. The number of carboxylic acids is 1. The molecule has 1 aromatic rings. The molecule has 2 rings (SSSR count). The number of hydrogen-bond acceptors (Lipinski definition) is 4. The number of carbonyl (C=O) groups excluding carboxylic acids is 2. The quantitative estimate of drug-likeness (QED) is 0.818.